The molecule has 158 valence electrons. The van der Waals surface area contributed by atoms with Crippen molar-refractivity contribution < 1.29 is 19.3 Å². The van der Waals surface area contributed by atoms with Crippen LogP contribution in [0.4, 0.5) is 11.4 Å². The van der Waals surface area contributed by atoms with E-state index in [9.17, 15) is 0 Å². The molecule has 0 aliphatic carbocycles. The SMILES string of the molecule is CCOCCOc1ccc(C#Cc2ccc(N=Nc3ccc(OCO)cc3)cc2)cc1. The van der Waals surface area contributed by atoms with Crippen LogP contribution in [0.2, 0.25) is 0 Å². The third-order valence-electron chi connectivity index (χ3n) is 4.12. The van der Waals surface area contributed by atoms with Crippen LogP contribution in [-0.4, -0.2) is 31.7 Å². The van der Waals surface area contributed by atoms with Crippen LogP contribution in [0.5, 0.6) is 11.5 Å². The minimum absolute atomic E-state index is 0.356. The molecule has 0 aromatic heterocycles. The highest BCUT2D eigenvalue weighted by Gasteiger charge is 1.96. The Kier molecular flexibility index (Phi) is 8.62. The number of hydrogen-bond donors (Lipinski definition) is 1. The van der Waals surface area contributed by atoms with E-state index in [4.69, 9.17) is 19.3 Å². The quantitative estimate of drug-likeness (QED) is 0.224. The summed E-state index contributed by atoms with van der Waals surface area (Å²) < 4.78 is 15.8. The molecule has 3 aromatic carbocycles. The summed E-state index contributed by atoms with van der Waals surface area (Å²) in [5.74, 6) is 7.66. The first-order chi connectivity index (χ1) is 15.3. The molecule has 0 aliphatic heterocycles. The number of aliphatic hydroxyl groups is 1. The van der Waals surface area contributed by atoms with E-state index in [1.807, 2.05) is 55.5 Å². The Hall–Kier alpha value is -3.66. The zero-order chi connectivity index (χ0) is 21.7. The van der Waals surface area contributed by atoms with Gasteiger partial charge in [-0.2, -0.15) is 10.2 Å². The number of nitrogens with zero attached hydrogens (tertiary/aromatic N) is 2. The number of benzene rings is 3. The molecule has 0 radical (unpaired) electrons. The second kappa shape index (κ2) is 12.1. The molecule has 0 aliphatic rings. The van der Waals surface area contributed by atoms with Crippen molar-refractivity contribution in [1.29, 1.82) is 0 Å². The van der Waals surface area contributed by atoms with Crippen molar-refractivity contribution in [2.24, 2.45) is 10.2 Å². The molecule has 31 heavy (non-hydrogen) atoms. The Bertz CT molecular complexity index is 1020. The van der Waals surface area contributed by atoms with Gasteiger partial charge < -0.3 is 19.3 Å². The Balaban J connectivity index is 1.54. The molecule has 6 heteroatoms. The third kappa shape index (κ3) is 7.59. The van der Waals surface area contributed by atoms with Crippen molar-refractivity contribution >= 4 is 11.4 Å². The van der Waals surface area contributed by atoms with Gasteiger partial charge in [-0.3, -0.25) is 0 Å². The van der Waals surface area contributed by atoms with Crippen molar-refractivity contribution in [2.45, 2.75) is 6.92 Å². The number of azo groups is 1. The van der Waals surface area contributed by atoms with E-state index in [0.29, 0.717) is 31.3 Å². The highest BCUT2D eigenvalue weighted by Crippen LogP contribution is 2.21. The number of hydrogen-bond acceptors (Lipinski definition) is 6. The zero-order valence-electron chi connectivity index (χ0n) is 17.3. The van der Waals surface area contributed by atoms with Crippen LogP contribution in [0.25, 0.3) is 0 Å². The molecule has 0 unspecified atom stereocenters. The molecule has 0 heterocycles. The van der Waals surface area contributed by atoms with Crippen molar-refractivity contribution in [2.75, 3.05) is 26.6 Å². The van der Waals surface area contributed by atoms with Gasteiger partial charge in [0.25, 0.3) is 0 Å². The smallest absolute Gasteiger partial charge is 0.186 e. The summed E-state index contributed by atoms with van der Waals surface area (Å²) in [5.41, 5.74) is 3.23. The normalized spacial score (nSPS) is 10.5. The highest BCUT2D eigenvalue weighted by molar-refractivity contribution is 5.48. The molecule has 1 N–H and O–H groups in total. The fourth-order valence-corrected chi connectivity index (χ4v) is 2.55. The van der Waals surface area contributed by atoms with Crippen LogP contribution < -0.4 is 9.47 Å². The van der Waals surface area contributed by atoms with Gasteiger partial charge in [0.1, 0.15) is 18.1 Å². The standard InChI is InChI=1S/C25H24N2O4/c1-2-29-17-18-30-24-13-7-21(8-14-24)4-3-20-5-9-22(10-6-20)26-27-23-11-15-25(16-12-23)31-19-28/h5-16,28H,2,17-19H2,1H3. The second-order valence-electron chi connectivity index (χ2n) is 6.33. The maximum absolute atomic E-state index is 8.74. The van der Waals surface area contributed by atoms with Crippen LogP contribution in [0.3, 0.4) is 0 Å². The molecule has 0 bridgehead atoms. The average molecular weight is 416 g/mol. The summed E-state index contributed by atoms with van der Waals surface area (Å²) in [6, 6.07) is 22.2. The Morgan fingerprint density at radius 2 is 1.16 bits per heavy atom. The first kappa shape index (κ1) is 22.0. The monoisotopic (exact) mass is 416 g/mol. The van der Waals surface area contributed by atoms with Crippen molar-refractivity contribution in [1.82, 2.24) is 0 Å². The van der Waals surface area contributed by atoms with Crippen LogP contribution in [-0.2, 0) is 4.74 Å². The maximum atomic E-state index is 8.74. The molecule has 6 nitrogen and oxygen atoms in total. The number of aliphatic hydroxyl groups excluding tert-OH is 1. The summed E-state index contributed by atoms with van der Waals surface area (Å²) >= 11 is 0. The molecule has 0 atom stereocenters. The number of ether oxygens (including phenoxy) is 3. The van der Waals surface area contributed by atoms with E-state index in [1.165, 1.54) is 0 Å². The van der Waals surface area contributed by atoms with Gasteiger partial charge in [0, 0.05) is 17.7 Å². The van der Waals surface area contributed by atoms with E-state index < -0.39 is 0 Å². The minimum atomic E-state index is -0.356. The van der Waals surface area contributed by atoms with Gasteiger partial charge in [0.2, 0.25) is 0 Å². The van der Waals surface area contributed by atoms with E-state index in [0.717, 1.165) is 22.6 Å². The van der Waals surface area contributed by atoms with E-state index in [2.05, 4.69) is 22.1 Å². The summed E-state index contributed by atoms with van der Waals surface area (Å²) in [4.78, 5) is 0. The van der Waals surface area contributed by atoms with Crippen LogP contribution in [0, 0.1) is 11.8 Å². The molecule has 0 saturated heterocycles. The predicted octanol–water partition coefficient (Wildman–Crippen LogP) is 5.25. The van der Waals surface area contributed by atoms with Crippen LogP contribution >= 0.6 is 0 Å². The molecule has 3 rings (SSSR count). The lowest BCUT2D eigenvalue weighted by Gasteiger charge is -2.05. The fraction of sp³-hybridized carbons (Fsp3) is 0.200. The van der Waals surface area contributed by atoms with Gasteiger partial charge in [0.15, 0.2) is 6.79 Å². The lowest BCUT2D eigenvalue weighted by Crippen LogP contribution is -2.06. The van der Waals surface area contributed by atoms with Gasteiger partial charge in [-0.1, -0.05) is 11.8 Å². The predicted molar refractivity (Wildman–Crippen MR) is 119 cm³/mol. The van der Waals surface area contributed by atoms with Gasteiger partial charge in [0.05, 0.1) is 18.0 Å². The fourth-order valence-electron chi connectivity index (χ4n) is 2.55. The Labute approximate surface area is 182 Å². The summed E-state index contributed by atoms with van der Waals surface area (Å²) in [6.45, 7) is 3.41. The van der Waals surface area contributed by atoms with Gasteiger partial charge in [-0.25, -0.2) is 0 Å². The molecule has 0 amide bonds. The largest absolute Gasteiger partial charge is 0.491 e. The number of rotatable bonds is 9. The van der Waals surface area contributed by atoms with Gasteiger partial charge >= 0.3 is 0 Å². The lowest BCUT2D eigenvalue weighted by molar-refractivity contribution is 0.0985. The highest BCUT2D eigenvalue weighted by atomic mass is 16.6. The molecular weight excluding hydrogens is 392 g/mol. The second-order valence-corrected chi connectivity index (χ2v) is 6.33. The average Bonchev–Trinajstić information content (AvgIpc) is 2.82. The van der Waals surface area contributed by atoms with Crippen molar-refractivity contribution in [3.8, 4) is 23.3 Å². The first-order valence-corrected chi connectivity index (χ1v) is 9.95. The Morgan fingerprint density at radius 3 is 1.71 bits per heavy atom. The van der Waals surface area contributed by atoms with Gasteiger partial charge in [-0.15, -0.1) is 0 Å². The summed E-state index contributed by atoms with van der Waals surface area (Å²) in [5, 5.41) is 17.2. The first-order valence-electron chi connectivity index (χ1n) is 9.95. The van der Waals surface area contributed by atoms with E-state index in [-0.39, 0.29) is 6.79 Å². The molecule has 0 fully saturated rings. The van der Waals surface area contributed by atoms with Crippen molar-refractivity contribution in [3.05, 3.63) is 83.9 Å². The van der Waals surface area contributed by atoms with Crippen LogP contribution in [0.1, 0.15) is 18.1 Å². The van der Waals surface area contributed by atoms with E-state index >= 15 is 0 Å². The third-order valence-corrected chi connectivity index (χ3v) is 4.12. The zero-order valence-corrected chi connectivity index (χ0v) is 17.3. The molecule has 0 spiro atoms. The topological polar surface area (TPSA) is 72.6 Å². The molecule has 0 saturated carbocycles. The maximum Gasteiger partial charge on any atom is 0.186 e. The molecule has 3 aromatic rings. The Morgan fingerprint density at radius 1 is 0.677 bits per heavy atom. The van der Waals surface area contributed by atoms with Gasteiger partial charge in [-0.05, 0) is 79.7 Å². The van der Waals surface area contributed by atoms with Crippen LogP contribution in [0.15, 0.2) is 83.0 Å². The summed E-state index contributed by atoms with van der Waals surface area (Å²) in [7, 11) is 0. The lowest BCUT2D eigenvalue weighted by atomic mass is 10.1. The minimum Gasteiger partial charge on any atom is -0.491 e. The van der Waals surface area contributed by atoms with E-state index in [1.54, 1.807) is 24.3 Å². The van der Waals surface area contributed by atoms with Crippen molar-refractivity contribution in [3.63, 3.8) is 0 Å². The summed E-state index contributed by atoms with van der Waals surface area (Å²) in [6.07, 6.45) is 0. The molecular formula is C25H24N2O4.